The summed E-state index contributed by atoms with van der Waals surface area (Å²) >= 11 is 0. The van der Waals surface area contributed by atoms with Crippen LogP contribution in [0.5, 0.6) is 5.75 Å². The van der Waals surface area contributed by atoms with Gasteiger partial charge in [-0.25, -0.2) is 0 Å². The van der Waals surface area contributed by atoms with Crippen molar-refractivity contribution in [3.63, 3.8) is 0 Å². The Hall–Kier alpha value is -1.51. The Balaban J connectivity index is 3.33. The van der Waals surface area contributed by atoms with Crippen LogP contribution < -0.4 is 10.5 Å². The molecule has 70 valence electrons. The van der Waals surface area contributed by atoms with Crippen molar-refractivity contribution >= 4 is 11.5 Å². The zero-order chi connectivity index (χ0) is 10.0. The lowest BCUT2D eigenvalue weighted by molar-refractivity contribution is 0.101. The van der Waals surface area contributed by atoms with Crippen LogP contribution in [0.1, 0.15) is 22.8 Å². The van der Waals surface area contributed by atoms with E-state index in [0.717, 1.165) is 5.56 Å². The quantitative estimate of drug-likeness (QED) is 0.556. The summed E-state index contributed by atoms with van der Waals surface area (Å²) in [7, 11) is 1.55. The number of benzene rings is 1. The number of ketones is 1. The Labute approximate surface area is 77.5 Å². The van der Waals surface area contributed by atoms with E-state index in [1.807, 2.05) is 6.92 Å². The van der Waals surface area contributed by atoms with Crippen LogP contribution in [0.2, 0.25) is 0 Å². The van der Waals surface area contributed by atoms with Gasteiger partial charge in [0.05, 0.1) is 7.11 Å². The van der Waals surface area contributed by atoms with E-state index in [1.54, 1.807) is 19.2 Å². The maximum absolute atomic E-state index is 11.2. The molecule has 0 heterocycles. The first-order chi connectivity index (χ1) is 6.06. The van der Waals surface area contributed by atoms with E-state index in [-0.39, 0.29) is 5.78 Å². The number of carbonyl (C=O) groups excluding carboxylic acids is 1. The number of hydrogen-bond acceptors (Lipinski definition) is 3. The second-order valence-corrected chi connectivity index (χ2v) is 2.95. The molecule has 1 aromatic carbocycles. The molecule has 3 heteroatoms. The van der Waals surface area contributed by atoms with Gasteiger partial charge in [0, 0.05) is 17.3 Å². The van der Waals surface area contributed by atoms with Crippen LogP contribution in [0, 0.1) is 6.92 Å². The number of nitrogens with two attached hydrogens (primary N) is 1. The number of ether oxygens (including phenoxy) is 1. The van der Waals surface area contributed by atoms with Crippen LogP contribution >= 0.6 is 0 Å². The predicted molar refractivity (Wildman–Crippen MR) is 52.1 cm³/mol. The molecule has 1 rings (SSSR count). The molecule has 0 aromatic heterocycles. The monoisotopic (exact) mass is 179 g/mol. The number of methoxy groups -OCH3 is 1. The van der Waals surface area contributed by atoms with Crippen molar-refractivity contribution in [2.75, 3.05) is 12.8 Å². The van der Waals surface area contributed by atoms with Gasteiger partial charge in [-0.3, -0.25) is 4.79 Å². The number of rotatable bonds is 2. The SMILES string of the molecule is COc1cc(N)c(C)c(C(C)=O)c1. The van der Waals surface area contributed by atoms with Gasteiger partial charge in [-0.1, -0.05) is 0 Å². The molecule has 0 aliphatic heterocycles. The minimum absolute atomic E-state index is 0.00287. The van der Waals surface area contributed by atoms with Crippen molar-refractivity contribution in [2.45, 2.75) is 13.8 Å². The Kier molecular flexibility index (Phi) is 2.56. The van der Waals surface area contributed by atoms with E-state index in [4.69, 9.17) is 10.5 Å². The third-order valence-electron chi connectivity index (χ3n) is 2.04. The van der Waals surface area contributed by atoms with Crippen LogP contribution in [0.3, 0.4) is 0 Å². The smallest absolute Gasteiger partial charge is 0.160 e. The third kappa shape index (κ3) is 1.80. The zero-order valence-corrected chi connectivity index (χ0v) is 8.05. The second kappa shape index (κ2) is 3.47. The van der Waals surface area contributed by atoms with Crippen LogP contribution in [0.4, 0.5) is 5.69 Å². The highest BCUT2D eigenvalue weighted by atomic mass is 16.5. The van der Waals surface area contributed by atoms with Gasteiger partial charge in [-0.05, 0) is 25.5 Å². The summed E-state index contributed by atoms with van der Waals surface area (Å²) in [4.78, 5) is 11.2. The standard InChI is InChI=1S/C10H13NO2/c1-6-9(7(2)12)4-8(13-3)5-10(6)11/h4-5H,11H2,1-3H3. The Morgan fingerprint density at radius 3 is 2.54 bits per heavy atom. The normalized spacial score (nSPS) is 9.77. The number of nitrogen functional groups attached to an aromatic ring is 1. The van der Waals surface area contributed by atoms with E-state index in [9.17, 15) is 4.79 Å². The first-order valence-electron chi connectivity index (χ1n) is 4.01. The summed E-state index contributed by atoms with van der Waals surface area (Å²) in [6.45, 7) is 3.34. The summed E-state index contributed by atoms with van der Waals surface area (Å²) in [5.74, 6) is 0.622. The van der Waals surface area contributed by atoms with E-state index in [1.165, 1.54) is 6.92 Å². The van der Waals surface area contributed by atoms with Gasteiger partial charge in [-0.15, -0.1) is 0 Å². The minimum atomic E-state index is 0.00287. The van der Waals surface area contributed by atoms with Gasteiger partial charge in [-0.2, -0.15) is 0 Å². The molecule has 0 spiro atoms. The summed E-state index contributed by atoms with van der Waals surface area (Å²) < 4.78 is 5.01. The molecule has 0 aliphatic carbocycles. The Morgan fingerprint density at radius 2 is 2.08 bits per heavy atom. The van der Waals surface area contributed by atoms with E-state index >= 15 is 0 Å². The van der Waals surface area contributed by atoms with Crippen molar-refractivity contribution in [3.05, 3.63) is 23.3 Å². The summed E-state index contributed by atoms with van der Waals surface area (Å²) in [6.07, 6.45) is 0. The zero-order valence-electron chi connectivity index (χ0n) is 8.05. The molecule has 0 radical (unpaired) electrons. The molecule has 1 aromatic rings. The fraction of sp³-hybridized carbons (Fsp3) is 0.300. The fourth-order valence-corrected chi connectivity index (χ4v) is 1.19. The number of hydrogen-bond donors (Lipinski definition) is 1. The van der Waals surface area contributed by atoms with Crippen LogP contribution in [0.25, 0.3) is 0 Å². The maximum Gasteiger partial charge on any atom is 0.160 e. The molecule has 0 saturated carbocycles. The van der Waals surface area contributed by atoms with Crippen LogP contribution in [-0.4, -0.2) is 12.9 Å². The molecular formula is C10H13NO2. The Morgan fingerprint density at radius 1 is 1.46 bits per heavy atom. The third-order valence-corrected chi connectivity index (χ3v) is 2.04. The largest absolute Gasteiger partial charge is 0.497 e. The summed E-state index contributed by atoms with van der Waals surface area (Å²) in [5, 5.41) is 0. The molecule has 0 bridgehead atoms. The highest BCUT2D eigenvalue weighted by Gasteiger charge is 2.08. The molecule has 2 N–H and O–H groups in total. The number of Topliss-reactive ketones (excluding diaryl/α,β-unsaturated/α-hetero) is 1. The number of anilines is 1. The molecule has 0 unspecified atom stereocenters. The lowest BCUT2D eigenvalue weighted by Crippen LogP contribution is -2.01. The van der Waals surface area contributed by atoms with E-state index in [2.05, 4.69) is 0 Å². The summed E-state index contributed by atoms with van der Waals surface area (Å²) in [5.41, 5.74) is 7.73. The van der Waals surface area contributed by atoms with Crippen molar-refractivity contribution in [3.8, 4) is 5.75 Å². The van der Waals surface area contributed by atoms with Gasteiger partial charge in [0.25, 0.3) is 0 Å². The minimum Gasteiger partial charge on any atom is -0.497 e. The van der Waals surface area contributed by atoms with Gasteiger partial charge < -0.3 is 10.5 Å². The number of carbonyl (C=O) groups is 1. The molecule has 0 fully saturated rings. The molecule has 3 nitrogen and oxygen atoms in total. The van der Waals surface area contributed by atoms with Gasteiger partial charge in [0.15, 0.2) is 5.78 Å². The van der Waals surface area contributed by atoms with Gasteiger partial charge in [0.1, 0.15) is 5.75 Å². The van der Waals surface area contributed by atoms with Crippen molar-refractivity contribution < 1.29 is 9.53 Å². The topological polar surface area (TPSA) is 52.3 Å². The molecule has 0 amide bonds. The summed E-state index contributed by atoms with van der Waals surface area (Å²) in [6, 6.07) is 3.41. The lowest BCUT2D eigenvalue weighted by atomic mass is 10.0. The molecule has 0 atom stereocenters. The molecule has 0 saturated heterocycles. The van der Waals surface area contributed by atoms with Crippen molar-refractivity contribution in [1.82, 2.24) is 0 Å². The first kappa shape index (κ1) is 9.58. The van der Waals surface area contributed by atoms with Gasteiger partial charge >= 0.3 is 0 Å². The van der Waals surface area contributed by atoms with E-state index in [0.29, 0.717) is 17.0 Å². The van der Waals surface area contributed by atoms with Crippen molar-refractivity contribution in [2.24, 2.45) is 0 Å². The molecular weight excluding hydrogens is 166 g/mol. The fourth-order valence-electron chi connectivity index (χ4n) is 1.19. The maximum atomic E-state index is 11.2. The highest BCUT2D eigenvalue weighted by molar-refractivity contribution is 5.97. The first-order valence-corrected chi connectivity index (χ1v) is 4.01. The molecule has 13 heavy (non-hydrogen) atoms. The van der Waals surface area contributed by atoms with Crippen LogP contribution in [-0.2, 0) is 0 Å². The van der Waals surface area contributed by atoms with Crippen LogP contribution in [0.15, 0.2) is 12.1 Å². The highest BCUT2D eigenvalue weighted by Crippen LogP contribution is 2.23. The van der Waals surface area contributed by atoms with Crippen molar-refractivity contribution in [1.29, 1.82) is 0 Å². The lowest BCUT2D eigenvalue weighted by Gasteiger charge is -2.08. The molecule has 0 aliphatic rings. The van der Waals surface area contributed by atoms with E-state index < -0.39 is 0 Å². The Bertz CT molecular complexity index is 345. The average molecular weight is 179 g/mol. The average Bonchev–Trinajstić information content (AvgIpc) is 2.09. The predicted octanol–water partition coefficient (Wildman–Crippen LogP) is 1.79. The second-order valence-electron chi connectivity index (χ2n) is 2.95. The van der Waals surface area contributed by atoms with Gasteiger partial charge in [0.2, 0.25) is 0 Å².